The number of thioether (sulfide) groups is 1. The second-order valence-electron chi connectivity index (χ2n) is 3.68. The summed E-state index contributed by atoms with van der Waals surface area (Å²) in [6, 6.07) is 0. The fraction of sp³-hybridized carbons (Fsp3) is 0.889. The number of aliphatic hydroxyl groups excluding tert-OH is 1. The summed E-state index contributed by atoms with van der Waals surface area (Å²) < 4.78 is 0. The Morgan fingerprint density at radius 1 is 1.54 bits per heavy atom. The minimum absolute atomic E-state index is 0.556. The number of rotatable bonds is 6. The highest BCUT2D eigenvalue weighted by atomic mass is 32.2. The number of aliphatic hydroxyl groups is 1. The zero-order valence-corrected chi connectivity index (χ0v) is 9.23. The molecule has 1 unspecified atom stereocenters. The van der Waals surface area contributed by atoms with Crippen LogP contribution in [0, 0.1) is 5.41 Å². The van der Waals surface area contributed by atoms with E-state index in [1.165, 1.54) is 0 Å². The van der Waals surface area contributed by atoms with Crippen molar-refractivity contribution in [2.45, 2.75) is 32.8 Å². The van der Waals surface area contributed by atoms with E-state index in [1.54, 1.807) is 25.6 Å². The van der Waals surface area contributed by atoms with Crippen molar-refractivity contribution in [3.8, 4) is 0 Å². The molecule has 0 bridgehead atoms. The summed E-state index contributed by atoms with van der Waals surface area (Å²) in [6.45, 7) is 3.11. The summed E-state index contributed by atoms with van der Waals surface area (Å²) in [5.74, 6) is 0.0244. The molecule has 0 radical (unpaired) electrons. The Labute approximate surface area is 83.5 Å². The molecule has 0 heterocycles. The first-order valence-electron chi connectivity index (χ1n) is 4.33. The summed E-state index contributed by atoms with van der Waals surface area (Å²) in [5, 5.41) is 18.4. The van der Waals surface area contributed by atoms with Crippen molar-refractivity contribution >= 4 is 17.7 Å². The maximum absolute atomic E-state index is 10.7. The van der Waals surface area contributed by atoms with E-state index < -0.39 is 17.5 Å². The van der Waals surface area contributed by atoms with E-state index in [4.69, 9.17) is 5.11 Å². The third-order valence-electron chi connectivity index (χ3n) is 2.21. The molecule has 13 heavy (non-hydrogen) atoms. The van der Waals surface area contributed by atoms with E-state index in [-0.39, 0.29) is 0 Å². The van der Waals surface area contributed by atoms with Gasteiger partial charge in [0.2, 0.25) is 0 Å². The lowest BCUT2D eigenvalue weighted by Gasteiger charge is -2.25. The Hall–Kier alpha value is -0.220. The highest BCUT2D eigenvalue weighted by Gasteiger charge is 2.34. The first-order chi connectivity index (χ1) is 5.92. The number of hydrogen-bond donors (Lipinski definition) is 2. The predicted molar refractivity (Wildman–Crippen MR) is 55.0 cm³/mol. The standard InChI is InChI=1S/C9H18O3S/c1-9(2,8(11)12)7(10)5-4-6-13-3/h7,10H,4-6H2,1-3H3,(H,11,12). The molecule has 0 rings (SSSR count). The minimum atomic E-state index is -1.03. The molecule has 0 aliphatic rings. The van der Waals surface area contributed by atoms with Crippen LogP contribution in [0.5, 0.6) is 0 Å². The molecule has 0 fully saturated rings. The van der Waals surface area contributed by atoms with Gasteiger partial charge in [0.25, 0.3) is 0 Å². The van der Waals surface area contributed by atoms with Gasteiger partial charge >= 0.3 is 5.97 Å². The molecule has 0 aromatic rings. The van der Waals surface area contributed by atoms with Crippen LogP contribution in [-0.2, 0) is 4.79 Å². The van der Waals surface area contributed by atoms with Gasteiger partial charge in [0.1, 0.15) is 0 Å². The van der Waals surface area contributed by atoms with Gasteiger partial charge in [0.05, 0.1) is 11.5 Å². The number of carboxylic acid groups (broad SMARTS) is 1. The summed E-state index contributed by atoms with van der Waals surface area (Å²) in [6.07, 6.45) is 2.66. The van der Waals surface area contributed by atoms with Crippen LogP contribution < -0.4 is 0 Å². The van der Waals surface area contributed by atoms with Crippen LogP contribution in [0.4, 0.5) is 0 Å². The van der Waals surface area contributed by atoms with E-state index in [9.17, 15) is 9.90 Å². The zero-order valence-electron chi connectivity index (χ0n) is 8.41. The van der Waals surface area contributed by atoms with E-state index in [0.717, 1.165) is 12.2 Å². The Morgan fingerprint density at radius 2 is 2.08 bits per heavy atom. The van der Waals surface area contributed by atoms with Gasteiger partial charge < -0.3 is 10.2 Å². The van der Waals surface area contributed by atoms with Crippen LogP contribution in [-0.4, -0.2) is 34.3 Å². The summed E-state index contributed by atoms with van der Waals surface area (Å²) in [7, 11) is 0. The Kier molecular flexibility index (Phi) is 5.40. The van der Waals surface area contributed by atoms with Crippen molar-refractivity contribution in [2.75, 3.05) is 12.0 Å². The average molecular weight is 206 g/mol. The van der Waals surface area contributed by atoms with Gasteiger partial charge in [-0.05, 0) is 38.7 Å². The maximum Gasteiger partial charge on any atom is 0.311 e. The number of carboxylic acids is 1. The molecule has 0 amide bonds. The predicted octanol–water partition coefficient (Wildman–Crippen LogP) is 1.60. The number of aliphatic carboxylic acids is 1. The fourth-order valence-electron chi connectivity index (χ4n) is 0.924. The van der Waals surface area contributed by atoms with Crippen molar-refractivity contribution in [3.05, 3.63) is 0 Å². The van der Waals surface area contributed by atoms with E-state index in [0.29, 0.717) is 6.42 Å². The SMILES string of the molecule is CSCCCC(O)C(C)(C)C(=O)O. The summed E-state index contributed by atoms with van der Waals surface area (Å²) in [5.41, 5.74) is -1.03. The lowest BCUT2D eigenvalue weighted by Crippen LogP contribution is -2.37. The average Bonchev–Trinajstić information content (AvgIpc) is 2.04. The molecular formula is C9H18O3S. The Morgan fingerprint density at radius 3 is 2.46 bits per heavy atom. The van der Waals surface area contributed by atoms with Gasteiger partial charge in [-0.25, -0.2) is 0 Å². The minimum Gasteiger partial charge on any atom is -0.481 e. The molecule has 1 atom stereocenters. The van der Waals surface area contributed by atoms with Gasteiger partial charge in [0, 0.05) is 0 Å². The van der Waals surface area contributed by atoms with Crippen molar-refractivity contribution < 1.29 is 15.0 Å². The van der Waals surface area contributed by atoms with Crippen LogP contribution in [0.1, 0.15) is 26.7 Å². The lowest BCUT2D eigenvalue weighted by molar-refractivity contribution is -0.153. The zero-order chi connectivity index (χ0) is 10.5. The largest absolute Gasteiger partial charge is 0.481 e. The molecule has 2 N–H and O–H groups in total. The van der Waals surface area contributed by atoms with Crippen molar-refractivity contribution in [2.24, 2.45) is 5.41 Å². The van der Waals surface area contributed by atoms with Gasteiger partial charge in [-0.1, -0.05) is 0 Å². The molecule has 0 saturated heterocycles. The number of hydrogen-bond acceptors (Lipinski definition) is 3. The van der Waals surface area contributed by atoms with E-state index in [2.05, 4.69) is 0 Å². The molecule has 3 nitrogen and oxygen atoms in total. The molecule has 0 spiro atoms. The molecule has 4 heteroatoms. The Bertz CT molecular complexity index is 168. The smallest absolute Gasteiger partial charge is 0.311 e. The molecule has 0 aromatic carbocycles. The monoisotopic (exact) mass is 206 g/mol. The molecule has 0 saturated carbocycles. The molecule has 0 aliphatic heterocycles. The summed E-state index contributed by atoms with van der Waals surface area (Å²) in [4.78, 5) is 10.7. The van der Waals surface area contributed by atoms with Crippen LogP contribution >= 0.6 is 11.8 Å². The van der Waals surface area contributed by atoms with Crippen molar-refractivity contribution in [3.63, 3.8) is 0 Å². The Balaban J connectivity index is 3.94. The molecule has 78 valence electrons. The second-order valence-corrected chi connectivity index (χ2v) is 4.66. The normalized spacial score (nSPS) is 14.2. The second kappa shape index (κ2) is 5.50. The van der Waals surface area contributed by atoms with Gasteiger partial charge in [-0.2, -0.15) is 11.8 Å². The molecular weight excluding hydrogens is 188 g/mol. The van der Waals surface area contributed by atoms with E-state index >= 15 is 0 Å². The van der Waals surface area contributed by atoms with Crippen molar-refractivity contribution in [1.29, 1.82) is 0 Å². The first kappa shape index (κ1) is 12.8. The number of carbonyl (C=O) groups is 1. The lowest BCUT2D eigenvalue weighted by atomic mass is 9.84. The summed E-state index contributed by atoms with van der Waals surface area (Å²) >= 11 is 1.70. The van der Waals surface area contributed by atoms with Crippen LogP contribution in [0.15, 0.2) is 0 Å². The topological polar surface area (TPSA) is 57.5 Å². The first-order valence-corrected chi connectivity index (χ1v) is 5.72. The third kappa shape index (κ3) is 4.00. The fourth-order valence-corrected chi connectivity index (χ4v) is 1.38. The van der Waals surface area contributed by atoms with Gasteiger partial charge in [-0.15, -0.1) is 0 Å². The van der Waals surface area contributed by atoms with Gasteiger partial charge in [0.15, 0.2) is 0 Å². The molecule has 0 aliphatic carbocycles. The van der Waals surface area contributed by atoms with Crippen LogP contribution in [0.25, 0.3) is 0 Å². The van der Waals surface area contributed by atoms with Crippen molar-refractivity contribution in [1.82, 2.24) is 0 Å². The van der Waals surface area contributed by atoms with Gasteiger partial charge in [-0.3, -0.25) is 4.79 Å². The third-order valence-corrected chi connectivity index (χ3v) is 2.91. The maximum atomic E-state index is 10.7. The quantitative estimate of drug-likeness (QED) is 0.648. The van der Waals surface area contributed by atoms with Crippen LogP contribution in [0.2, 0.25) is 0 Å². The van der Waals surface area contributed by atoms with Crippen LogP contribution in [0.3, 0.4) is 0 Å². The van der Waals surface area contributed by atoms with E-state index in [1.807, 2.05) is 6.26 Å². The highest BCUT2D eigenvalue weighted by Crippen LogP contribution is 2.24. The highest BCUT2D eigenvalue weighted by molar-refractivity contribution is 7.98. The molecule has 0 aromatic heterocycles.